The van der Waals surface area contributed by atoms with Crippen LogP contribution in [0.15, 0.2) is 53.9 Å². The Morgan fingerprint density at radius 1 is 1.07 bits per heavy atom. The lowest BCUT2D eigenvalue weighted by Crippen LogP contribution is -2.21. The topological polar surface area (TPSA) is 75.9 Å². The van der Waals surface area contributed by atoms with Crippen molar-refractivity contribution in [2.24, 2.45) is 7.05 Å². The third-order valence-electron chi connectivity index (χ3n) is 4.39. The first kappa shape index (κ1) is 19.9. The van der Waals surface area contributed by atoms with Crippen molar-refractivity contribution in [3.8, 4) is 11.4 Å². The summed E-state index contributed by atoms with van der Waals surface area (Å²) in [6.07, 6.45) is 3.44. The second kappa shape index (κ2) is 9.36. The molecule has 1 aromatic carbocycles. The lowest BCUT2D eigenvalue weighted by Gasteiger charge is -2.21. The van der Waals surface area contributed by atoms with Gasteiger partial charge in [-0.05, 0) is 50.2 Å². The third-order valence-corrected chi connectivity index (χ3v) is 5.41. The van der Waals surface area contributed by atoms with Crippen LogP contribution in [0.5, 0.6) is 0 Å². The van der Waals surface area contributed by atoms with Crippen LogP contribution in [0, 0.1) is 0 Å². The number of hydrogen-bond donors (Lipinski definition) is 1. The van der Waals surface area contributed by atoms with E-state index in [0.717, 1.165) is 35.9 Å². The van der Waals surface area contributed by atoms with Gasteiger partial charge < -0.3 is 14.8 Å². The van der Waals surface area contributed by atoms with Crippen LogP contribution in [0.25, 0.3) is 11.4 Å². The number of benzene rings is 1. The van der Waals surface area contributed by atoms with E-state index in [-0.39, 0.29) is 11.7 Å². The second-order valence-electron chi connectivity index (χ2n) is 6.16. The van der Waals surface area contributed by atoms with Crippen molar-refractivity contribution in [2.75, 3.05) is 29.1 Å². The highest BCUT2D eigenvalue weighted by Gasteiger charge is 2.13. The summed E-state index contributed by atoms with van der Waals surface area (Å²) >= 11 is 1.36. The normalized spacial score (nSPS) is 10.7. The standard InChI is InChI=1S/C20H24N6OS/c1-4-26(5-2)17-8-6-16(7-9-17)22-18(27)14-28-20-24-23-19(25(20)3)15-10-12-21-13-11-15/h6-13H,4-5,14H2,1-3H3,(H,22,27). The molecule has 3 aromatic rings. The van der Waals surface area contributed by atoms with Gasteiger partial charge in [0.15, 0.2) is 11.0 Å². The largest absolute Gasteiger partial charge is 0.372 e. The highest BCUT2D eigenvalue weighted by molar-refractivity contribution is 7.99. The lowest BCUT2D eigenvalue weighted by molar-refractivity contribution is -0.113. The van der Waals surface area contributed by atoms with Crippen molar-refractivity contribution in [1.29, 1.82) is 0 Å². The van der Waals surface area contributed by atoms with Crippen molar-refractivity contribution in [3.63, 3.8) is 0 Å². The molecule has 3 rings (SSSR count). The van der Waals surface area contributed by atoms with E-state index in [0.29, 0.717) is 5.16 Å². The molecule has 28 heavy (non-hydrogen) atoms. The summed E-state index contributed by atoms with van der Waals surface area (Å²) in [6.45, 7) is 6.17. The fourth-order valence-electron chi connectivity index (χ4n) is 2.86. The number of nitrogens with one attached hydrogen (secondary N) is 1. The zero-order valence-corrected chi connectivity index (χ0v) is 17.1. The molecule has 0 spiro atoms. The summed E-state index contributed by atoms with van der Waals surface area (Å²) < 4.78 is 1.88. The first-order valence-electron chi connectivity index (χ1n) is 9.19. The van der Waals surface area contributed by atoms with Crippen molar-refractivity contribution in [1.82, 2.24) is 19.7 Å². The Morgan fingerprint density at radius 3 is 2.39 bits per heavy atom. The summed E-state index contributed by atoms with van der Waals surface area (Å²) in [7, 11) is 1.89. The van der Waals surface area contributed by atoms with Gasteiger partial charge in [0.05, 0.1) is 5.75 Å². The van der Waals surface area contributed by atoms with Gasteiger partial charge in [0, 0.05) is 49.5 Å². The number of hydrogen-bond acceptors (Lipinski definition) is 6. The molecule has 0 aliphatic carbocycles. The molecule has 2 aromatic heterocycles. The Balaban J connectivity index is 1.57. The van der Waals surface area contributed by atoms with Crippen molar-refractivity contribution in [3.05, 3.63) is 48.8 Å². The van der Waals surface area contributed by atoms with E-state index in [1.165, 1.54) is 11.8 Å². The van der Waals surface area contributed by atoms with Crippen molar-refractivity contribution < 1.29 is 4.79 Å². The molecule has 0 atom stereocenters. The summed E-state index contributed by atoms with van der Waals surface area (Å²) in [4.78, 5) is 18.6. The minimum Gasteiger partial charge on any atom is -0.372 e. The van der Waals surface area contributed by atoms with Crippen molar-refractivity contribution in [2.45, 2.75) is 19.0 Å². The smallest absolute Gasteiger partial charge is 0.234 e. The molecule has 2 heterocycles. The van der Waals surface area contributed by atoms with E-state index in [4.69, 9.17) is 0 Å². The van der Waals surface area contributed by atoms with Gasteiger partial charge in [0.2, 0.25) is 5.91 Å². The van der Waals surface area contributed by atoms with E-state index in [1.54, 1.807) is 12.4 Å². The zero-order chi connectivity index (χ0) is 19.9. The number of thioether (sulfide) groups is 1. The molecule has 0 saturated heterocycles. The Bertz CT molecular complexity index is 906. The van der Waals surface area contributed by atoms with Crippen LogP contribution in [0.3, 0.4) is 0 Å². The lowest BCUT2D eigenvalue weighted by atomic mass is 10.2. The molecule has 8 heteroatoms. The van der Waals surface area contributed by atoms with E-state index >= 15 is 0 Å². The van der Waals surface area contributed by atoms with Crippen LogP contribution in [0.2, 0.25) is 0 Å². The number of rotatable bonds is 8. The molecule has 0 radical (unpaired) electrons. The molecule has 0 saturated carbocycles. The minimum atomic E-state index is -0.0750. The molecule has 1 N–H and O–H groups in total. The highest BCUT2D eigenvalue weighted by atomic mass is 32.2. The molecule has 0 bridgehead atoms. The van der Waals surface area contributed by atoms with Crippen LogP contribution in [0.4, 0.5) is 11.4 Å². The Labute approximate surface area is 169 Å². The third kappa shape index (κ3) is 4.69. The van der Waals surface area contributed by atoms with Gasteiger partial charge in [-0.15, -0.1) is 10.2 Å². The van der Waals surface area contributed by atoms with Crippen LogP contribution < -0.4 is 10.2 Å². The first-order valence-corrected chi connectivity index (χ1v) is 10.2. The summed E-state index contributed by atoms with van der Waals surface area (Å²) in [5.41, 5.74) is 2.88. The van der Waals surface area contributed by atoms with Gasteiger partial charge in [-0.1, -0.05) is 11.8 Å². The van der Waals surface area contributed by atoms with Crippen LogP contribution in [0.1, 0.15) is 13.8 Å². The predicted octanol–water partition coefficient (Wildman–Crippen LogP) is 3.45. The Kier molecular flexibility index (Phi) is 6.65. The second-order valence-corrected chi connectivity index (χ2v) is 7.10. The molecule has 0 aliphatic heterocycles. The van der Waals surface area contributed by atoms with Gasteiger partial charge in [0.25, 0.3) is 0 Å². The van der Waals surface area contributed by atoms with E-state index in [1.807, 2.05) is 48.0 Å². The molecule has 0 aliphatic rings. The minimum absolute atomic E-state index is 0.0750. The zero-order valence-electron chi connectivity index (χ0n) is 16.3. The predicted molar refractivity (Wildman–Crippen MR) is 114 cm³/mol. The fourth-order valence-corrected chi connectivity index (χ4v) is 3.58. The highest BCUT2D eigenvalue weighted by Crippen LogP contribution is 2.22. The fraction of sp³-hybridized carbons (Fsp3) is 0.300. The van der Waals surface area contributed by atoms with Gasteiger partial charge in [-0.25, -0.2) is 0 Å². The first-order chi connectivity index (χ1) is 13.6. The quantitative estimate of drug-likeness (QED) is 0.588. The number of aromatic nitrogens is 4. The van der Waals surface area contributed by atoms with Crippen LogP contribution in [-0.4, -0.2) is 44.5 Å². The average Bonchev–Trinajstić information content (AvgIpc) is 3.09. The maximum absolute atomic E-state index is 12.3. The molecular formula is C20H24N6OS. The molecule has 0 unspecified atom stereocenters. The Hall–Kier alpha value is -2.87. The molecule has 0 fully saturated rings. The molecule has 7 nitrogen and oxygen atoms in total. The number of amides is 1. The number of pyridine rings is 1. The maximum atomic E-state index is 12.3. The molecule has 146 valence electrons. The molecular weight excluding hydrogens is 372 g/mol. The van der Waals surface area contributed by atoms with Gasteiger partial charge >= 0.3 is 0 Å². The van der Waals surface area contributed by atoms with Crippen LogP contribution >= 0.6 is 11.8 Å². The van der Waals surface area contributed by atoms with Gasteiger partial charge in [-0.3, -0.25) is 9.78 Å². The number of anilines is 2. The summed E-state index contributed by atoms with van der Waals surface area (Å²) in [5.74, 6) is 0.937. The number of nitrogens with zero attached hydrogens (tertiary/aromatic N) is 5. The van der Waals surface area contributed by atoms with Crippen molar-refractivity contribution >= 4 is 29.0 Å². The SMILES string of the molecule is CCN(CC)c1ccc(NC(=O)CSc2nnc(-c3ccncc3)n2C)cc1. The van der Waals surface area contributed by atoms with Gasteiger partial charge in [0.1, 0.15) is 0 Å². The monoisotopic (exact) mass is 396 g/mol. The summed E-state index contributed by atoms with van der Waals surface area (Å²) in [5, 5.41) is 12.0. The van der Waals surface area contributed by atoms with Gasteiger partial charge in [-0.2, -0.15) is 0 Å². The maximum Gasteiger partial charge on any atom is 0.234 e. The van der Waals surface area contributed by atoms with E-state index < -0.39 is 0 Å². The number of carbonyl (C=O) groups is 1. The number of carbonyl (C=O) groups excluding carboxylic acids is 1. The van der Waals surface area contributed by atoms with Crippen LogP contribution in [-0.2, 0) is 11.8 Å². The van der Waals surface area contributed by atoms with E-state index in [9.17, 15) is 4.79 Å². The van der Waals surface area contributed by atoms with E-state index in [2.05, 4.69) is 39.2 Å². The average molecular weight is 397 g/mol. The Morgan fingerprint density at radius 2 is 1.75 bits per heavy atom. The summed E-state index contributed by atoms with van der Waals surface area (Å²) in [6, 6.07) is 11.7. The molecule has 1 amide bonds.